The second-order valence-electron chi connectivity index (χ2n) is 3.08. The van der Waals surface area contributed by atoms with Gasteiger partial charge >= 0.3 is 0 Å². The average Bonchev–Trinajstić information content (AvgIpc) is 2.68. The van der Waals surface area contributed by atoms with Gasteiger partial charge in [-0.1, -0.05) is 16.8 Å². The number of pyridine rings is 1. The fourth-order valence-electron chi connectivity index (χ4n) is 1.17. The third-order valence-electron chi connectivity index (χ3n) is 1.99. The molecule has 1 amide bonds. The zero-order valence-electron chi connectivity index (χ0n) is 8.40. The average molecular weight is 238 g/mol. The SMILES string of the molecule is Cc1oncc1C(=O)Nc1ncccc1Cl. The summed E-state index contributed by atoms with van der Waals surface area (Å²) in [5.41, 5.74) is 0.363. The van der Waals surface area contributed by atoms with Crippen LogP contribution in [0.25, 0.3) is 0 Å². The minimum Gasteiger partial charge on any atom is -0.361 e. The van der Waals surface area contributed by atoms with Gasteiger partial charge in [0.25, 0.3) is 5.91 Å². The summed E-state index contributed by atoms with van der Waals surface area (Å²) in [6.07, 6.45) is 2.89. The molecule has 0 aliphatic heterocycles. The van der Waals surface area contributed by atoms with Crippen LogP contribution >= 0.6 is 11.6 Å². The topological polar surface area (TPSA) is 68.0 Å². The van der Waals surface area contributed by atoms with Crippen molar-refractivity contribution in [2.75, 3.05) is 5.32 Å². The molecule has 0 aliphatic rings. The van der Waals surface area contributed by atoms with Gasteiger partial charge in [0.15, 0.2) is 5.82 Å². The maximum Gasteiger partial charge on any atom is 0.262 e. The lowest BCUT2D eigenvalue weighted by Gasteiger charge is -2.03. The van der Waals surface area contributed by atoms with Crippen LogP contribution in [0.15, 0.2) is 29.0 Å². The van der Waals surface area contributed by atoms with E-state index in [-0.39, 0.29) is 5.91 Å². The van der Waals surface area contributed by atoms with Crippen LogP contribution in [-0.2, 0) is 0 Å². The van der Waals surface area contributed by atoms with Crippen LogP contribution < -0.4 is 5.32 Å². The first kappa shape index (κ1) is 10.6. The molecule has 0 fully saturated rings. The smallest absolute Gasteiger partial charge is 0.262 e. The molecule has 2 rings (SSSR count). The number of halogens is 1. The number of hydrogen-bond donors (Lipinski definition) is 1. The molecule has 2 aromatic heterocycles. The standard InChI is InChI=1S/C10H8ClN3O2/c1-6-7(5-13-16-6)10(15)14-9-8(11)3-2-4-12-9/h2-5H,1H3,(H,12,14,15). The van der Waals surface area contributed by atoms with Gasteiger partial charge in [0, 0.05) is 6.20 Å². The Balaban J connectivity index is 2.21. The molecule has 0 aromatic carbocycles. The molecule has 0 radical (unpaired) electrons. The molecule has 0 saturated heterocycles. The van der Waals surface area contributed by atoms with Crippen molar-refractivity contribution >= 4 is 23.3 Å². The Morgan fingerprint density at radius 1 is 1.56 bits per heavy atom. The van der Waals surface area contributed by atoms with Crippen LogP contribution in [0.3, 0.4) is 0 Å². The minimum atomic E-state index is -0.348. The van der Waals surface area contributed by atoms with Crippen LogP contribution in [0.2, 0.25) is 5.02 Å². The van der Waals surface area contributed by atoms with Crippen molar-refractivity contribution in [3.05, 3.63) is 40.9 Å². The highest BCUT2D eigenvalue weighted by Crippen LogP contribution is 2.18. The van der Waals surface area contributed by atoms with Gasteiger partial charge in [0.05, 0.1) is 11.2 Å². The van der Waals surface area contributed by atoms with E-state index in [2.05, 4.69) is 15.5 Å². The Hall–Kier alpha value is -1.88. The lowest BCUT2D eigenvalue weighted by atomic mass is 10.2. The normalized spacial score (nSPS) is 10.1. The molecule has 2 aromatic rings. The summed E-state index contributed by atoms with van der Waals surface area (Å²) < 4.78 is 4.79. The Labute approximate surface area is 96.4 Å². The second kappa shape index (κ2) is 4.32. The molecule has 0 atom stereocenters. The first-order valence-electron chi connectivity index (χ1n) is 4.51. The largest absolute Gasteiger partial charge is 0.361 e. The Morgan fingerprint density at radius 2 is 2.38 bits per heavy atom. The summed E-state index contributed by atoms with van der Waals surface area (Å²) in [6, 6.07) is 3.33. The van der Waals surface area contributed by atoms with Gasteiger partial charge in [-0.2, -0.15) is 0 Å². The summed E-state index contributed by atoms with van der Waals surface area (Å²) in [7, 11) is 0. The molecule has 0 unspecified atom stereocenters. The first-order valence-corrected chi connectivity index (χ1v) is 4.89. The summed E-state index contributed by atoms with van der Waals surface area (Å²) in [4.78, 5) is 15.7. The number of hydrogen-bond acceptors (Lipinski definition) is 4. The Morgan fingerprint density at radius 3 is 3.00 bits per heavy atom. The third kappa shape index (κ3) is 2.04. The van der Waals surface area contributed by atoms with Crippen LogP contribution in [0.5, 0.6) is 0 Å². The summed E-state index contributed by atoms with van der Waals surface area (Å²) in [6.45, 7) is 1.65. The number of rotatable bonds is 2. The monoisotopic (exact) mass is 237 g/mol. The van der Waals surface area contributed by atoms with Gasteiger partial charge in [-0.3, -0.25) is 4.79 Å². The molecular formula is C10H8ClN3O2. The highest BCUT2D eigenvalue weighted by atomic mass is 35.5. The molecule has 6 heteroatoms. The fourth-order valence-corrected chi connectivity index (χ4v) is 1.34. The maximum absolute atomic E-state index is 11.7. The van der Waals surface area contributed by atoms with E-state index < -0.39 is 0 Å². The van der Waals surface area contributed by atoms with E-state index in [9.17, 15) is 4.79 Å². The van der Waals surface area contributed by atoms with Crippen LogP contribution in [0, 0.1) is 6.92 Å². The molecule has 5 nitrogen and oxygen atoms in total. The van der Waals surface area contributed by atoms with Crippen molar-refractivity contribution < 1.29 is 9.32 Å². The van der Waals surface area contributed by atoms with Crippen molar-refractivity contribution in [3.63, 3.8) is 0 Å². The van der Waals surface area contributed by atoms with Crippen molar-refractivity contribution in [3.8, 4) is 0 Å². The predicted octanol–water partition coefficient (Wildman–Crippen LogP) is 2.28. The van der Waals surface area contributed by atoms with E-state index in [0.29, 0.717) is 22.2 Å². The van der Waals surface area contributed by atoms with E-state index in [1.54, 1.807) is 25.3 Å². The molecule has 82 valence electrons. The van der Waals surface area contributed by atoms with E-state index in [1.165, 1.54) is 6.20 Å². The number of nitrogens with zero attached hydrogens (tertiary/aromatic N) is 2. The summed E-state index contributed by atoms with van der Waals surface area (Å²) in [5.74, 6) is 0.415. The second-order valence-corrected chi connectivity index (χ2v) is 3.49. The lowest BCUT2D eigenvalue weighted by molar-refractivity contribution is 0.102. The Bertz CT molecular complexity index is 524. The van der Waals surface area contributed by atoms with E-state index in [4.69, 9.17) is 16.1 Å². The minimum absolute atomic E-state index is 0.315. The molecule has 0 saturated carbocycles. The van der Waals surface area contributed by atoms with E-state index >= 15 is 0 Å². The number of anilines is 1. The molecule has 0 spiro atoms. The molecule has 16 heavy (non-hydrogen) atoms. The van der Waals surface area contributed by atoms with Crippen molar-refractivity contribution in [1.29, 1.82) is 0 Å². The van der Waals surface area contributed by atoms with Gasteiger partial charge in [0.2, 0.25) is 0 Å². The number of carbonyl (C=O) groups excluding carboxylic acids is 1. The van der Waals surface area contributed by atoms with Crippen molar-refractivity contribution in [2.45, 2.75) is 6.92 Å². The Kier molecular flexibility index (Phi) is 2.87. The highest BCUT2D eigenvalue weighted by molar-refractivity contribution is 6.33. The summed E-state index contributed by atoms with van der Waals surface area (Å²) >= 11 is 5.85. The van der Waals surface area contributed by atoms with Crippen LogP contribution in [0.1, 0.15) is 16.1 Å². The molecule has 0 bridgehead atoms. The van der Waals surface area contributed by atoms with E-state index in [0.717, 1.165) is 0 Å². The zero-order valence-corrected chi connectivity index (χ0v) is 9.15. The fraction of sp³-hybridized carbons (Fsp3) is 0.100. The van der Waals surface area contributed by atoms with Gasteiger partial charge in [-0.15, -0.1) is 0 Å². The van der Waals surface area contributed by atoms with E-state index in [1.807, 2.05) is 0 Å². The van der Waals surface area contributed by atoms with Gasteiger partial charge in [-0.05, 0) is 19.1 Å². The number of amides is 1. The van der Waals surface area contributed by atoms with Crippen LogP contribution in [-0.4, -0.2) is 16.0 Å². The molecular weight excluding hydrogens is 230 g/mol. The quantitative estimate of drug-likeness (QED) is 0.870. The zero-order chi connectivity index (χ0) is 11.5. The van der Waals surface area contributed by atoms with Crippen molar-refractivity contribution in [1.82, 2.24) is 10.1 Å². The van der Waals surface area contributed by atoms with Crippen LogP contribution in [0.4, 0.5) is 5.82 Å². The molecule has 1 N–H and O–H groups in total. The van der Waals surface area contributed by atoms with Gasteiger partial charge < -0.3 is 9.84 Å². The number of aromatic nitrogens is 2. The third-order valence-corrected chi connectivity index (χ3v) is 2.29. The molecule has 2 heterocycles. The van der Waals surface area contributed by atoms with Gasteiger partial charge in [0.1, 0.15) is 11.3 Å². The highest BCUT2D eigenvalue weighted by Gasteiger charge is 2.14. The number of nitrogens with one attached hydrogen (secondary N) is 1. The molecule has 0 aliphatic carbocycles. The lowest BCUT2D eigenvalue weighted by Crippen LogP contribution is -2.13. The number of aryl methyl sites for hydroxylation is 1. The predicted molar refractivity (Wildman–Crippen MR) is 58.4 cm³/mol. The first-order chi connectivity index (χ1) is 7.68. The van der Waals surface area contributed by atoms with Crippen molar-refractivity contribution in [2.24, 2.45) is 0 Å². The number of carbonyl (C=O) groups is 1. The maximum atomic E-state index is 11.7. The van der Waals surface area contributed by atoms with Gasteiger partial charge in [-0.25, -0.2) is 4.98 Å². The summed E-state index contributed by atoms with van der Waals surface area (Å²) in [5, 5.41) is 6.47.